The molecule has 0 saturated heterocycles. The Bertz CT molecular complexity index is 886. The largest absolute Gasteiger partial charge is 0.368 e. The summed E-state index contributed by atoms with van der Waals surface area (Å²) in [5, 5.41) is 2.19. The van der Waals surface area contributed by atoms with Crippen LogP contribution in [0.5, 0.6) is 0 Å². The molecule has 1 aliphatic rings. The minimum absolute atomic E-state index is 0.147. The van der Waals surface area contributed by atoms with E-state index in [4.69, 9.17) is 11.5 Å². The molecule has 0 atom stereocenters. The lowest BCUT2D eigenvalue weighted by molar-refractivity contribution is 0.914. The molecular weight excluding hydrogens is 330 g/mol. The van der Waals surface area contributed by atoms with E-state index in [9.17, 15) is 0 Å². The van der Waals surface area contributed by atoms with Crippen molar-refractivity contribution in [2.24, 2.45) is 0 Å². The number of hydrogen-bond donors (Lipinski definition) is 2. The number of rotatable bonds is 3. The van der Waals surface area contributed by atoms with Gasteiger partial charge in [-0.05, 0) is 31.7 Å². The first-order chi connectivity index (χ1) is 11.1. The highest BCUT2D eigenvalue weighted by Crippen LogP contribution is 2.40. The summed E-state index contributed by atoms with van der Waals surface area (Å²) < 4.78 is 0. The Morgan fingerprint density at radius 1 is 1.04 bits per heavy atom. The van der Waals surface area contributed by atoms with Crippen molar-refractivity contribution in [3.05, 3.63) is 22.1 Å². The number of aromatic nitrogens is 5. The van der Waals surface area contributed by atoms with Crippen molar-refractivity contribution < 1.29 is 0 Å². The standard InChI is InChI=1S/C14H15N7S2/c1-6-17-11(22-5-9-19-13(15)21-14(16)20-9)10-7-3-2-4-8(7)23-12(10)18-6/h2-5H2,1H3,(H4,15,16,19,20,21). The summed E-state index contributed by atoms with van der Waals surface area (Å²) in [4.78, 5) is 23.8. The van der Waals surface area contributed by atoms with Gasteiger partial charge in [-0.15, -0.1) is 11.3 Å². The highest BCUT2D eigenvalue weighted by Gasteiger charge is 2.22. The first-order valence-electron chi connectivity index (χ1n) is 7.28. The van der Waals surface area contributed by atoms with Crippen LogP contribution in [0.1, 0.15) is 28.5 Å². The van der Waals surface area contributed by atoms with E-state index in [0.717, 1.165) is 28.5 Å². The average Bonchev–Trinajstić information content (AvgIpc) is 3.03. The summed E-state index contributed by atoms with van der Waals surface area (Å²) in [5.41, 5.74) is 12.7. The second kappa shape index (κ2) is 5.57. The summed E-state index contributed by atoms with van der Waals surface area (Å²) in [6, 6.07) is 0. The van der Waals surface area contributed by atoms with Gasteiger partial charge in [-0.3, -0.25) is 0 Å². The predicted molar refractivity (Wildman–Crippen MR) is 92.4 cm³/mol. The van der Waals surface area contributed by atoms with Gasteiger partial charge in [-0.25, -0.2) is 9.97 Å². The number of aryl methyl sites for hydroxylation is 3. The molecular formula is C14H15N7S2. The normalized spacial score (nSPS) is 13.6. The minimum Gasteiger partial charge on any atom is -0.368 e. The summed E-state index contributed by atoms with van der Waals surface area (Å²) >= 11 is 3.39. The van der Waals surface area contributed by atoms with Crippen molar-refractivity contribution in [3.63, 3.8) is 0 Å². The van der Waals surface area contributed by atoms with E-state index in [0.29, 0.717) is 11.6 Å². The number of hydrogen-bond acceptors (Lipinski definition) is 9. The number of anilines is 2. The number of nitrogen functional groups attached to an aromatic ring is 2. The smallest absolute Gasteiger partial charge is 0.225 e. The van der Waals surface area contributed by atoms with Crippen LogP contribution in [-0.4, -0.2) is 24.9 Å². The molecule has 3 aromatic heterocycles. The van der Waals surface area contributed by atoms with Gasteiger partial charge in [0.2, 0.25) is 11.9 Å². The Morgan fingerprint density at radius 2 is 1.83 bits per heavy atom. The van der Waals surface area contributed by atoms with Crippen molar-refractivity contribution in [2.45, 2.75) is 37.0 Å². The minimum atomic E-state index is 0.147. The van der Waals surface area contributed by atoms with Crippen molar-refractivity contribution in [2.75, 3.05) is 11.5 Å². The van der Waals surface area contributed by atoms with Crippen molar-refractivity contribution >= 4 is 45.2 Å². The molecule has 0 aromatic carbocycles. The third-order valence-corrected chi connectivity index (χ3v) is 5.85. The van der Waals surface area contributed by atoms with Crippen molar-refractivity contribution in [1.82, 2.24) is 24.9 Å². The lowest BCUT2D eigenvalue weighted by Crippen LogP contribution is -2.06. The molecule has 0 aliphatic heterocycles. The maximum absolute atomic E-state index is 5.62. The van der Waals surface area contributed by atoms with Gasteiger partial charge >= 0.3 is 0 Å². The van der Waals surface area contributed by atoms with Gasteiger partial charge in [0.15, 0.2) is 0 Å². The fraction of sp³-hybridized carbons (Fsp3) is 0.357. The molecule has 0 radical (unpaired) electrons. The molecule has 9 heteroatoms. The zero-order chi connectivity index (χ0) is 16.0. The number of fused-ring (bicyclic) bond motifs is 3. The van der Waals surface area contributed by atoms with E-state index in [-0.39, 0.29) is 11.9 Å². The molecule has 4 N–H and O–H groups in total. The maximum atomic E-state index is 5.62. The van der Waals surface area contributed by atoms with E-state index in [1.54, 1.807) is 23.1 Å². The molecule has 0 fully saturated rings. The number of thioether (sulfide) groups is 1. The second-order valence-corrected chi connectivity index (χ2v) is 7.42. The lowest BCUT2D eigenvalue weighted by Gasteiger charge is -2.05. The maximum Gasteiger partial charge on any atom is 0.225 e. The van der Waals surface area contributed by atoms with Crippen LogP contribution in [0.4, 0.5) is 11.9 Å². The third-order valence-electron chi connectivity index (χ3n) is 3.70. The van der Waals surface area contributed by atoms with Crippen LogP contribution in [0.2, 0.25) is 0 Å². The average molecular weight is 345 g/mol. The quantitative estimate of drug-likeness (QED) is 0.548. The molecule has 0 unspecified atom stereocenters. The zero-order valence-corrected chi connectivity index (χ0v) is 14.2. The summed E-state index contributed by atoms with van der Waals surface area (Å²) in [6.07, 6.45) is 3.48. The van der Waals surface area contributed by atoms with Crippen molar-refractivity contribution in [1.29, 1.82) is 0 Å². The highest BCUT2D eigenvalue weighted by atomic mass is 32.2. The van der Waals surface area contributed by atoms with Gasteiger partial charge in [-0.2, -0.15) is 15.0 Å². The fourth-order valence-electron chi connectivity index (χ4n) is 2.82. The molecule has 7 nitrogen and oxygen atoms in total. The Labute approximate surface area is 141 Å². The Kier molecular flexibility index (Phi) is 3.53. The third kappa shape index (κ3) is 2.70. The fourth-order valence-corrected chi connectivity index (χ4v) is 5.15. The van der Waals surface area contributed by atoms with Gasteiger partial charge in [0.25, 0.3) is 0 Å². The van der Waals surface area contributed by atoms with Gasteiger partial charge in [0.05, 0.1) is 5.75 Å². The molecule has 3 heterocycles. The van der Waals surface area contributed by atoms with Crippen LogP contribution >= 0.6 is 23.1 Å². The molecule has 23 heavy (non-hydrogen) atoms. The predicted octanol–water partition coefficient (Wildman–Crippen LogP) is 2.13. The molecule has 118 valence electrons. The highest BCUT2D eigenvalue weighted by molar-refractivity contribution is 7.98. The molecule has 0 bridgehead atoms. The van der Waals surface area contributed by atoms with Gasteiger partial charge in [0, 0.05) is 10.3 Å². The summed E-state index contributed by atoms with van der Waals surface area (Å²) in [7, 11) is 0. The Balaban J connectivity index is 1.71. The molecule has 0 saturated carbocycles. The van der Waals surface area contributed by atoms with Crippen LogP contribution < -0.4 is 11.5 Å². The molecule has 3 aromatic rings. The van der Waals surface area contributed by atoms with E-state index >= 15 is 0 Å². The van der Waals surface area contributed by atoms with Crippen molar-refractivity contribution in [3.8, 4) is 0 Å². The topological polar surface area (TPSA) is 116 Å². The summed E-state index contributed by atoms with van der Waals surface area (Å²) in [5.74, 6) is 2.19. The van der Waals surface area contributed by atoms with E-state index in [1.807, 2.05) is 6.92 Å². The molecule has 0 spiro atoms. The van der Waals surface area contributed by atoms with Crippen LogP contribution in [0.15, 0.2) is 5.03 Å². The Hall–Kier alpha value is -2.00. The van der Waals surface area contributed by atoms with E-state index in [2.05, 4.69) is 24.9 Å². The van der Waals surface area contributed by atoms with E-state index < -0.39 is 0 Å². The first-order valence-corrected chi connectivity index (χ1v) is 9.08. The SMILES string of the molecule is Cc1nc(SCc2nc(N)nc(N)n2)c2c3c(sc2n1)CCC3. The number of nitrogens with zero attached hydrogens (tertiary/aromatic N) is 5. The lowest BCUT2D eigenvalue weighted by atomic mass is 10.2. The van der Waals surface area contributed by atoms with Crippen LogP contribution in [0.25, 0.3) is 10.2 Å². The van der Waals surface area contributed by atoms with Crippen LogP contribution in [0.3, 0.4) is 0 Å². The van der Waals surface area contributed by atoms with Gasteiger partial charge < -0.3 is 11.5 Å². The number of nitrogens with two attached hydrogens (primary N) is 2. The molecule has 1 aliphatic carbocycles. The van der Waals surface area contributed by atoms with Crippen LogP contribution in [-0.2, 0) is 18.6 Å². The molecule has 0 amide bonds. The van der Waals surface area contributed by atoms with Crippen LogP contribution in [0, 0.1) is 6.92 Å². The summed E-state index contributed by atoms with van der Waals surface area (Å²) in [6.45, 7) is 1.92. The first kappa shape index (κ1) is 14.6. The van der Waals surface area contributed by atoms with Gasteiger partial charge in [-0.1, -0.05) is 11.8 Å². The number of thiophene rings is 1. The zero-order valence-electron chi connectivity index (χ0n) is 12.5. The Morgan fingerprint density at radius 3 is 2.61 bits per heavy atom. The molecule has 4 rings (SSSR count). The van der Waals surface area contributed by atoms with E-state index in [1.165, 1.54) is 22.2 Å². The van der Waals surface area contributed by atoms with Gasteiger partial charge in [0.1, 0.15) is 21.5 Å². The second-order valence-electron chi connectivity index (χ2n) is 5.37. The monoisotopic (exact) mass is 345 g/mol.